The number of nitrogens with zero attached hydrogens (tertiary/aromatic N) is 1. The number of hydrogen-bond acceptors (Lipinski definition) is 5. The van der Waals surface area contributed by atoms with Crippen LogP contribution in [0.25, 0.3) is 10.9 Å². The summed E-state index contributed by atoms with van der Waals surface area (Å²) in [4.78, 5) is 23.6. The van der Waals surface area contributed by atoms with Crippen molar-refractivity contribution in [3.63, 3.8) is 0 Å². The Labute approximate surface area is 143 Å². The smallest absolute Gasteiger partial charge is 0.341 e. The molecule has 0 bridgehead atoms. The number of nitrogens with one attached hydrogen (secondary N) is 2. The Balaban J connectivity index is 1.98. The summed E-state index contributed by atoms with van der Waals surface area (Å²) in [5.41, 5.74) is -0.220. The summed E-state index contributed by atoms with van der Waals surface area (Å²) in [6, 6.07) is 2.81. The van der Waals surface area contributed by atoms with E-state index in [0.717, 1.165) is 18.9 Å². The minimum atomic E-state index is -1.31. The number of aromatic carboxylic acids is 1. The Hall–Kier alpha value is -2.45. The van der Waals surface area contributed by atoms with Crippen LogP contribution in [0, 0.1) is 5.82 Å². The minimum Gasteiger partial charge on any atom is -0.477 e. The van der Waals surface area contributed by atoms with Gasteiger partial charge in [0.1, 0.15) is 11.4 Å². The Morgan fingerprint density at radius 1 is 1.28 bits per heavy atom. The van der Waals surface area contributed by atoms with E-state index in [1.165, 1.54) is 6.20 Å². The van der Waals surface area contributed by atoms with Crippen LogP contribution in [0.5, 0.6) is 0 Å². The molecule has 1 aromatic carbocycles. The number of benzene rings is 1. The lowest BCUT2D eigenvalue weighted by atomic mass is 10.1. The molecule has 7 nitrogen and oxygen atoms in total. The van der Waals surface area contributed by atoms with Gasteiger partial charge in [-0.25, -0.2) is 9.18 Å². The molecule has 0 radical (unpaired) electrons. The topological polar surface area (TPSA) is 104 Å². The first-order chi connectivity index (χ1) is 12.0. The number of carbonyl (C=O) groups is 1. The number of pyridine rings is 1. The third-order valence-electron chi connectivity index (χ3n) is 4.20. The Kier molecular flexibility index (Phi) is 5.00. The van der Waals surface area contributed by atoms with Gasteiger partial charge in [0.2, 0.25) is 5.43 Å². The van der Waals surface area contributed by atoms with Crippen LogP contribution in [0.2, 0.25) is 0 Å². The molecular weight excluding hydrogens is 329 g/mol. The number of aliphatic hydroxyl groups excluding tert-OH is 1. The first kappa shape index (κ1) is 17.4. The standard InChI is InChI=1S/C17H20FN3O4/c18-13-7-11-15(8-14(13)20-4-3-19-5-6-22)21(10-1-2-10)9-12(16(11)23)17(24)25/h7-10,19-20,22H,1-6H2,(H,24,25). The second kappa shape index (κ2) is 7.20. The van der Waals surface area contributed by atoms with Crippen molar-refractivity contribution in [3.05, 3.63) is 39.9 Å². The summed E-state index contributed by atoms with van der Waals surface area (Å²) >= 11 is 0. The van der Waals surface area contributed by atoms with Gasteiger partial charge in [-0.15, -0.1) is 0 Å². The zero-order valence-corrected chi connectivity index (χ0v) is 13.6. The predicted molar refractivity (Wildman–Crippen MR) is 91.8 cm³/mol. The minimum absolute atomic E-state index is 0.0317. The molecule has 1 heterocycles. The molecule has 1 aliphatic rings. The van der Waals surface area contributed by atoms with Crippen LogP contribution in [0.1, 0.15) is 29.2 Å². The fourth-order valence-corrected chi connectivity index (χ4v) is 2.80. The molecule has 25 heavy (non-hydrogen) atoms. The highest BCUT2D eigenvalue weighted by Gasteiger charge is 2.27. The summed E-state index contributed by atoms with van der Waals surface area (Å²) in [5, 5.41) is 23.9. The van der Waals surface area contributed by atoms with Crippen LogP contribution in [-0.4, -0.2) is 47.0 Å². The van der Waals surface area contributed by atoms with E-state index in [1.807, 2.05) is 0 Å². The van der Waals surface area contributed by atoms with Gasteiger partial charge in [0.25, 0.3) is 0 Å². The molecule has 0 amide bonds. The predicted octanol–water partition coefficient (Wildman–Crippen LogP) is 1.17. The second-order valence-corrected chi connectivity index (χ2v) is 6.07. The second-order valence-electron chi connectivity index (χ2n) is 6.07. The summed E-state index contributed by atoms with van der Waals surface area (Å²) in [7, 11) is 0. The molecule has 1 aromatic heterocycles. The zero-order valence-electron chi connectivity index (χ0n) is 13.6. The fraction of sp³-hybridized carbons (Fsp3) is 0.412. The molecule has 0 spiro atoms. The summed E-state index contributed by atoms with van der Waals surface area (Å²) in [5.74, 6) is -1.91. The highest BCUT2D eigenvalue weighted by atomic mass is 19.1. The summed E-state index contributed by atoms with van der Waals surface area (Å²) < 4.78 is 16.1. The van der Waals surface area contributed by atoms with Crippen molar-refractivity contribution in [2.45, 2.75) is 18.9 Å². The number of hydrogen-bond donors (Lipinski definition) is 4. The van der Waals surface area contributed by atoms with E-state index in [2.05, 4.69) is 10.6 Å². The molecule has 1 saturated carbocycles. The van der Waals surface area contributed by atoms with E-state index in [-0.39, 0.29) is 29.3 Å². The highest BCUT2D eigenvalue weighted by molar-refractivity contribution is 5.93. The molecule has 0 aliphatic heterocycles. The largest absolute Gasteiger partial charge is 0.477 e. The lowest BCUT2D eigenvalue weighted by Crippen LogP contribution is -2.25. The average molecular weight is 349 g/mol. The maximum Gasteiger partial charge on any atom is 0.341 e. The molecule has 0 atom stereocenters. The molecule has 4 N–H and O–H groups in total. The summed E-state index contributed by atoms with van der Waals surface area (Å²) in [6.07, 6.45) is 3.17. The normalized spacial score (nSPS) is 14.0. The van der Waals surface area contributed by atoms with Crippen molar-refractivity contribution in [3.8, 4) is 0 Å². The quantitative estimate of drug-likeness (QED) is 0.534. The van der Waals surface area contributed by atoms with Gasteiger partial charge < -0.3 is 25.4 Å². The maximum atomic E-state index is 14.3. The average Bonchev–Trinajstić information content (AvgIpc) is 3.40. The van der Waals surface area contributed by atoms with E-state index in [1.54, 1.807) is 10.6 Å². The zero-order chi connectivity index (χ0) is 18.0. The first-order valence-electron chi connectivity index (χ1n) is 8.20. The fourth-order valence-electron chi connectivity index (χ4n) is 2.80. The third-order valence-corrected chi connectivity index (χ3v) is 4.20. The molecule has 3 rings (SSSR count). The number of fused-ring (bicyclic) bond motifs is 1. The van der Waals surface area contributed by atoms with Gasteiger partial charge in [0.15, 0.2) is 0 Å². The SMILES string of the molecule is O=C(O)c1cn(C2CC2)c2cc(NCCNCCO)c(F)cc2c1=O. The molecule has 1 fully saturated rings. The van der Waals surface area contributed by atoms with E-state index in [4.69, 9.17) is 5.11 Å². The third kappa shape index (κ3) is 3.64. The number of carboxylic acid groups (broad SMARTS) is 1. The van der Waals surface area contributed by atoms with Gasteiger partial charge >= 0.3 is 5.97 Å². The number of carboxylic acids is 1. The van der Waals surface area contributed by atoms with Gasteiger partial charge in [-0.2, -0.15) is 0 Å². The Bertz CT molecular complexity index is 861. The molecule has 0 unspecified atom stereocenters. The highest BCUT2D eigenvalue weighted by Crippen LogP contribution is 2.37. The molecule has 8 heteroatoms. The number of aromatic nitrogens is 1. The van der Waals surface area contributed by atoms with Crippen LogP contribution in [-0.2, 0) is 0 Å². The van der Waals surface area contributed by atoms with Crippen molar-refractivity contribution < 1.29 is 19.4 Å². The van der Waals surface area contributed by atoms with Gasteiger partial charge in [0, 0.05) is 37.3 Å². The number of rotatable bonds is 8. The van der Waals surface area contributed by atoms with Crippen molar-refractivity contribution in [1.82, 2.24) is 9.88 Å². The molecule has 0 saturated heterocycles. The van der Waals surface area contributed by atoms with Gasteiger partial charge in [-0.05, 0) is 25.0 Å². The van der Waals surface area contributed by atoms with Crippen LogP contribution >= 0.6 is 0 Å². The maximum absolute atomic E-state index is 14.3. The van der Waals surface area contributed by atoms with Gasteiger partial charge in [0.05, 0.1) is 17.8 Å². The van der Waals surface area contributed by atoms with Crippen molar-refractivity contribution in [1.29, 1.82) is 0 Å². The number of aliphatic hydroxyl groups is 1. The lowest BCUT2D eigenvalue weighted by molar-refractivity contribution is 0.0695. The Morgan fingerprint density at radius 3 is 2.68 bits per heavy atom. The molecule has 2 aromatic rings. The monoisotopic (exact) mass is 349 g/mol. The molecular formula is C17H20FN3O4. The molecule has 134 valence electrons. The molecule has 1 aliphatic carbocycles. The van der Waals surface area contributed by atoms with Crippen LogP contribution < -0.4 is 16.1 Å². The van der Waals surface area contributed by atoms with E-state index >= 15 is 0 Å². The van der Waals surface area contributed by atoms with Crippen LogP contribution in [0.4, 0.5) is 10.1 Å². The van der Waals surface area contributed by atoms with Crippen molar-refractivity contribution >= 4 is 22.6 Å². The summed E-state index contributed by atoms with van der Waals surface area (Å²) in [6.45, 7) is 1.49. The van der Waals surface area contributed by atoms with Crippen molar-refractivity contribution in [2.24, 2.45) is 0 Å². The van der Waals surface area contributed by atoms with E-state index < -0.39 is 17.2 Å². The van der Waals surface area contributed by atoms with Gasteiger partial charge in [-0.3, -0.25) is 4.79 Å². The van der Waals surface area contributed by atoms with Crippen LogP contribution in [0.15, 0.2) is 23.1 Å². The van der Waals surface area contributed by atoms with Crippen molar-refractivity contribution in [2.75, 3.05) is 31.6 Å². The lowest BCUT2D eigenvalue weighted by Gasteiger charge is -2.14. The number of anilines is 1. The van der Waals surface area contributed by atoms with Crippen LogP contribution in [0.3, 0.4) is 0 Å². The Morgan fingerprint density at radius 2 is 2.04 bits per heavy atom. The van der Waals surface area contributed by atoms with E-state index in [0.29, 0.717) is 25.2 Å². The van der Waals surface area contributed by atoms with Gasteiger partial charge in [-0.1, -0.05) is 0 Å². The first-order valence-corrected chi connectivity index (χ1v) is 8.20. The number of halogens is 1. The van der Waals surface area contributed by atoms with E-state index in [9.17, 15) is 19.1 Å².